The van der Waals surface area contributed by atoms with E-state index in [0.29, 0.717) is 0 Å². The van der Waals surface area contributed by atoms with Crippen LogP contribution in [0.4, 0.5) is 0 Å². The number of Topliss-reactive ketones (excluding diaryl/α,β-unsaturated/α-hetero) is 1. The van der Waals surface area contributed by atoms with Gasteiger partial charge in [0.15, 0.2) is 18.3 Å². The minimum atomic E-state index is -1.90. The van der Waals surface area contributed by atoms with Crippen LogP contribution in [0.2, 0.25) is 0 Å². The summed E-state index contributed by atoms with van der Waals surface area (Å²) >= 11 is 0. The largest absolute Gasteiger partial charge is 0.462 e. The third-order valence-electron chi connectivity index (χ3n) is 3.13. The molecule has 0 amide bonds. The second-order valence-corrected chi connectivity index (χ2v) is 5.75. The summed E-state index contributed by atoms with van der Waals surface area (Å²) in [5, 5.41) is 9.18. The molecule has 12 nitrogen and oxygen atoms in total. The number of carbonyl (C=O) groups is 6. The van der Waals surface area contributed by atoms with Gasteiger partial charge in [-0.3, -0.25) is 28.8 Å². The van der Waals surface area contributed by atoms with Gasteiger partial charge in [0.05, 0.1) is 0 Å². The van der Waals surface area contributed by atoms with Crippen LogP contribution in [0.15, 0.2) is 0 Å². The predicted octanol–water partition coefficient (Wildman–Crippen LogP) is -1.16. The van der Waals surface area contributed by atoms with Gasteiger partial charge in [0.1, 0.15) is 13.2 Å². The Hall–Kier alpha value is -3.02. The first-order valence-corrected chi connectivity index (χ1v) is 8.34. The molecule has 164 valence electrons. The molecule has 0 aliphatic carbocycles. The summed E-state index contributed by atoms with van der Waals surface area (Å²) in [6.45, 7) is 3.21. The number of aliphatic hydroxyl groups is 1. The molecule has 0 rings (SSSR count). The number of esters is 5. The van der Waals surface area contributed by atoms with Gasteiger partial charge in [0.2, 0.25) is 11.9 Å². The van der Waals surface area contributed by atoms with Crippen molar-refractivity contribution in [2.24, 2.45) is 0 Å². The highest BCUT2D eigenvalue weighted by Gasteiger charge is 2.46. The fraction of sp³-hybridized carbons (Fsp3) is 0.647. The Morgan fingerprint density at radius 3 is 1.48 bits per heavy atom. The van der Waals surface area contributed by atoms with Crippen LogP contribution in [-0.4, -0.2) is 78.4 Å². The van der Waals surface area contributed by atoms with Crippen LogP contribution in [-0.2, 0) is 52.5 Å². The van der Waals surface area contributed by atoms with Crippen LogP contribution in [0, 0.1) is 0 Å². The van der Waals surface area contributed by atoms with E-state index in [0.717, 1.165) is 34.6 Å². The summed E-state index contributed by atoms with van der Waals surface area (Å²) in [6, 6.07) is 0. The SMILES string of the molecule is CC(=O)OC[C@@H](OC(C)=O)[C@H](OC(C)=O)[C@H](OC(C)=O)[C@@H](OC(C)=O)C(=O)CO. The summed E-state index contributed by atoms with van der Waals surface area (Å²) in [4.78, 5) is 69.3. The van der Waals surface area contributed by atoms with E-state index in [1.165, 1.54) is 0 Å². The average Bonchev–Trinajstić information content (AvgIpc) is 2.58. The van der Waals surface area contributed by atoms with Gasteiger partial charge >= 0.3 is 29.8 Å². The molecule has 0 aromatic rings. The number of aliphatic hydroxyl groups excluding tert-OH is 1. The van der Waals surface area contributed by atoms with Gasteiger partial charge in [-0.15, -0.1) is 0 Å². The quantitative estimate of drug-likeness (QED) is 0.315. The second kappa shape index (κ2) is 12.4. The van der Waals surface area contributed by atoms with Crippen molar-refractivity contribution in [1.82, 2.24) is 0 Å². The molecule has 1 N–H and O–H groups in total. The van der Waals surface area contributed by atoms with Crippen molar-refractivity contribution >= 4 is 35.6 Å². The van der Waals surface area contributed by atoms with Crippen molar-refractivity contribution < 1.29 is 57.6 Å². The lowest BCUT2D eigenvalue weighted by atomic mass is 9.99. The van der Waals surface area contributed by atoms with Gasteiger partial charge in [0, 0.05) is 34.6 Å². The number of hydrogen-bond acceptors (Lipinski definition) is 12. The molecule has 0 radical (unpaired) electrons. The molecule has 0 fully saturated rings. The molecular weight excluding hydrogens is 396 g/mol. The molecule has 0 bridgehead atoms. The molecule has 12 heteroatoms. The Bertz CT molecular complexity index is 640. The third kappa shape index (κ3) is 10.2. The fourth-order valence-electron chi connectivity index (χ4n) is 2.23. The van der Waals surface area contributed by atoms with Gasteiger partial charge in [0.25, 0.3) is 0 Å². The first-order chi connectivity index (χ1) is 13.4. The van der Waals surface area contributed by atoms with E-state index in [-0.39, 0.29) is 0 Å². The molecule has 0 saturated carbocycles. The van der Waals surface area contributed by atoms with Crippen LogP contribution in [0.3, 0.4) is 0 Å². The van der Waals surface area contributed by atoms with Crippen molar-refractivity contribution in [3.63, 3.8) is 0 Å². The van der Waals surface area contributed by atoms with Gasteiger partial charge in [-0.1, -0.05) is 0 Å². The molecule has 0 aromatic heterocycles. The molecule has 0 saturated heterocycles. The van der Waals surface area contributed by atoms with Crippen molar-refractivity contribution in [3.05, 3.63) is 0 Å². The Morgan fingerprint density at radius 2 is 1.10 bits per heavy atom. The number of carbonyl (C=O) groups excluding carboxylic acids is 6. The summed E-state index contributed by atoms with van der Waals surface area (Å²) in [7, 11) is 0. The van der Waals surface area contributed by atoms with Gasteiger partial charge in [-0.2, -0.15) is 0 Å². The lowest BCUT2D eigenvalue weighted by Crippen LogP contribution is -2.55. The van der Waals surface area contributed by atoms with E-state index < -0.39 is 73.3 Å². The zero-order valence-corrected chi connectivity index (χ0v) is 16.7. The lowest BCUT2D eigenvalue weighted by Gasteiger charge is -2.34. The summed E-state index contributed by atoms with van der Waals surface area (Å²) in [5.41, 5.74) is 0. The topological polar surface area (TPSA) is 169 Å². The van der Waals surface area contributed by atoms with E-state index in [2.05, 4.69) is 0 Å². The highest BCUT2D eigenvalue weighted by Crippen LogP contribution is 2.20. The Labute approximate surface area is 166 Å². The number of ketones is 1. The van der Waals surface area contributed by atoms with Gasteiger partial charge in [-0.25, -0.2) is 0 Å². The highest BCUT2D eigenvalue weighted by molar-refractivity contribution is 5.87. The van der Waals surface area contributed by atoms with E-state index in [4.69, 9.17) is 23.7 Å². The zero-order chi connectivity index (χ0) is 22.7. The van der Waals surface area contributed by atoms with Crippen LogP contribution >= 0.6 is 0 Å². The first kappa shape index (κ1) is 26.0. The van der Waals surface area contributed by atoms with Crippen LogP contribution < -0.4 is 0 Å². The Morgan fingerprint density at radius 1 is 0.655 bits per heavy atom. The van der Waals surface area contributed by atoms with Gasteiger partial charge in [-0.05, 0) is 0 Å². The number of ether oxygens (including phenoxy) is 5. The van der Waals surface area contributed by atoms with Gasteiger partial charge < -0.3 is 28.8 Å². The molecule has 0 aromatic carbocycles. The van der Waals surface area contributed by atoms with E-state index >= 15 is 0 Å². The molecule has 0 unspecified atom stereocenters. The maximum atomic E-state index is 12.1. The van der Waals surface area contributed by atoms with E-state index in [1.54, 1.807) is 0 Å². The second-order valence-electron chi connectivity index (χ2n) is 5.75. The summed E-state index contributed by atoms with van der Waals surface area (Å²) < 4.78 is 24.7. The van der Waals surface area contributed by atoms with Crippen molar-refractivity contribution in [2.75, 3.05) is 13.2 Å². The number of rotatable bonds is 11. The van der Waals surface area contributed by atoms with Crippen molar-refractivity contribution in [1.29, 1.82) is 0 Å². The van der Waals surface area contributed by atoms with Crippen LogP contribution in [0.1, 0.15) is 34.6 Å². The lowest BCUT2D eigenvalue weighted by molar-refractivity contribution is -0.203. The van der Waals surface area contributed by atoms with E-state index in [1.807, 2.05) is 0 Å². The van der Waals surface area contributed by atoms with Crippen LogP contribution in [0.25, 0.3) is 0 Å². The smallest absolute Gasteiger partial charge is 0.303 e. The predicted molar refractivity (Wildman–Crippen MR) is 90.9 cm³/mol. The highest BCUT2D eigenvalue weighted by atomic mass is 16.6. The Kier molecular flexibility index (Phi) is 11.1. The first-order valence-electron chi connectivity index (χ1n) is 8.34. The van der Waals surface area contributed by atoms with Crippen molar-refractivity contribution in [3.8, 4) is 0 Å². The third-order valence-corrected chi connectivity index (χ3v) is 3.13. The van der Waals surface area contributed by atoms with Crippen molar-refractivity contribution in [2.45, 2.75) is 59.0 Å². The summed E-state index contributed by atoms with van der Waals surface area (Å²) in [5.74, 6) is -5.61. The molecule has 0 aliphatic rings. The standard InChI is InChI=1S/C17H24O12/c1-8(19)25-7-14(26-9(2)20)16(28-11(4)22)17(29-12(5)23)15(13(24)6-18)27-10(3)21/h14-18H,6-7H2,1-5H3/t14-,15+,16+,17-/m1/s1. The van der Waals surface area contributed by atoms with E-state index in [9.17, 15) is 33.9 Å². The molecule has 0 aliphatic heterocycles. The fourth-order valence-corrected chi connectivity index (χ4v) is 2.23. The van der Waals surface area contributed by atoms with Crippen LogP contribution in [0.5, 0.6) is 0 Å². The Balaban J connectivity index is 6.29. The molecule has 0 spiro atoms. The summed E-state index contributed by atoms with van der Waals surface area (Å²) in [6.07, 6.45) is -6.98. The molecule has 0 heterocycles. The molecular formula is C17H24O12. The average molecular weight is 420 g/mol. The number of hydrogen-bond donors (Lipinski definition) is 1. The minimum absolute atomic E-state index is 0.634. The minimum Gasteiger partial charge on any atom is -0.462 e. The monoisotopic (exact) mass is 420 g/mol. The maximum Gasteiger partial charge on any atom is 0.303 e. The normalized spacial score (nSPS) is 14.4. The molecule has 29 heavy (non-hydrogen) atoms. The molecule has 4 atom stereocenters. The maximum absolute atomic E-state index is 12.1. The zero-order valence-electron chi connectivity index (χ0n) is 16.7.